The first-order valence-electron chi connectivity index (χ1n) is 9.00. The summed E-state index contributed by atoms with van der Waals surface area (Å²) in [5, 5.41) is 0.645. The van der Waals surface area contributed by atoms with Crippen LogP contribution in [-0.4, -0.2) is 48.8 Å². The van der Waals surface area contributed by atoms with Gasteiger partial charge in [-0.25, -0.2) is 13.4 Å². The molecule has 0 unspecified atom stereocenters. The van der Waals surface area contributed by atoms with Crippen LogP contribution in [-0.2, 0) is 16.6 Å². The number of rotatable bonds is 5. The summed E-state index contributed by atoms with van der Waals surface area (Å²) in [6.07, 6.45) is 1.69. The summed E-state index contributed by atoms with van der Waals surface area (Å²) in [5.41, 5.74) is 0.880. The number of benzene rings is 2. The summed E-state index contributed by atoms with van der Waals surface area (Å²) in [7, 11) is -3.44. The molecule has 3 aromatic rings. The molecule has 1 aliphatic rings. The molecule has 1 saturated heterocycles. The molecule has 1 fully saturated rings. The van der Waals surface area contributed by atoms with Gasteiger partial charge in [0, 0.05) is 36.8 Å². The minimum atomic E-state index is -3.44. The lowest BCUT2D eigenvalue weighted by atomic mass is 10.2. The zero-order chi connectivity index (χ0) is 19.6. The Labute approximate surface area is 169 Å². The maximum Gasteiger partial charge on any atom is 0.243 e. The molecule has 0 saturated carbocycles. The Morgan fingerprint density at radius 1 is 1.00 bits per heavy atom. The molecule has 0 amide bonds. The van der Waals surface area contributed by atoms with Gasteiger partial charge in [-0.1, -0.05) is 41.9 Å². The average molecular weight is 418 g/mol. The summed E-state index contributed by atoms with van der Waals surface area (Å²) < 4.78 is 32.8. The Kier molecular flexibility index (Phi) is 5.50. The highest BCUT2D eigenvalue weighted by molar-refractivity contribution is 7.89. The molecule has 2 heterocycles. The van der Waals surface area contributed by atoms with E-state index in [9.17, 15) is 8.42 Å². The van der Waals surface area contributed by atoms with E-state index in [4.69, 9.17) is 16.0 Å². The molecule has 8 heteroatoms. The first-order valence-corrected chi connectivity index (χ1v) is 10.8. The predicted octanol–water partition coefficient (Wildman–Crippen LogP) is 3.50. The maximum atomic E-state index is 12.7. The topological polar surface area (TPSA) is 66.7 Å². The number of halogens is 1. The molecule has 0 N–H and O–H groups in total. The number of sulfonamides is 1. The van der Waals surface area contributed by atoms with Gasteiger partial charge in [0.1, 0.15) is 0 Å². The lowest BCUT2D eigenvalue weighted by Gasteiger charge is -2.33. The molecule has 1 aromatic heterocycles. The highest BCUT2D eigenvalue weighted by atomic mass is 35.5. The number of hydrogen-bond acceptors (Lipinski definition) is 5. The second-order valence-electron chi connectivity index (χ2n) is 6.62. The first kappa shape index (κ1) is 19.1. The molecule has 2 aromatic carbocycles. The summed E-state index contributed by atoms with van der Waals surface area (Å²) in [6, 6.07) is 16.0. The molecule has 0 bridgehead atoms. The van der Waals surface area contributed by atoms with Crippen molar-refractivity contribution in [1.29, 1.82) is 0 Å². The van der Waals surface area contributed by atoms with Crippen molar-refractivity contribution in [2.45, 2.75) is 11.4 Å². The van der Waals surface area contributed by atoms with E-state index in [0.717, 1.165) is 5.56 Å². The number of aromatic nitrogens is 1. The second-order valence-corrected chi connectivity index (χ2v) is 9.00. The van der Waals surface area contributed by atoms with Crippen molar-refractivity contribution in [3.63, 3.8) is 0 Å². The van der Waals surface area contributed by atoms with Gasteiger partial charge in [-0.05, 0) is 24.3 Å². The summed E-state index contributed by atoms with van der Waals surface area (Å²) in [4.78, 5) is 6.83. The zero-order valence-corrected chi connectivity index (χ0v) is 16.7. The van der Waals surface area contributed by atoms with Gasteiger partial charge in [0.2, 0.25) is 15.9 Å². The van der Waals surface area contributed by atoms with E-state index in [1.807, 2.05) is 30.3 Å². The number of hydrogen-bond donors (Lipinski definition) is 0. The SMILES string of the molecule is O=S(=O)(c1ccccc1)N1CCN(Cc2ncc(-c3cccc(Cl)c3)o2)CC1. The molecule has 6 nitrogen and oxygen atoms in total. The summed E-state index contributed by atoms with van der Waals surface area (Å²) in [5.74, 6) is 1.28. The van der Waals surface area contributed by atoms with Crippen LogP contribution in [0.5, 0.6) is 0 Å². The molecule has 28 heavy (non-hydrogen) atoms. The third-order valence-corrected chi connectivity index (χ3v) is 6.88. The highest BCUT2D eigenvalue weighted by Gasteiger charge is 2.28. The monoisotopic (exact) mass is 417 g/mol. The van der Waals surface area contributed by atoms with Gasteiger partial charge < -0.3 is 4.42 Å². The van der Waals surface area contributed by atoms with Crippen molar-refractivity contribution < 1.29 is 12.8 Å². The van der Waals surface area contributed by atoms with E-state index in [0.29, 0.717) is 54.3 Å². The van der Waals surface area contributed by atoms with Crippen LogP contribution in [0.1, 0.15) is 5.89 Å². The Morgan fingerprint density at radius 2 is 1.75 bits per heavy atom. The van der Waals surface area contributed by atoms with Crippen LogP contribution in [0.15, 0.2) is 70.1 Å². The Balaban J connectivity index is 1.38. The Morgan fingerprint density at radius 3 is 2.46 bits per heavy atom. The van der Waals surface area contributed by atoms with Crippen molar-refractivity contribution in [3.8, 4) is 11.3 Å². The third kappa shape index (κ3) is 4.12. The molecule has 0 atom stereocenters. The quantitative estimate of drug-likeness (QED) is 0.635. The van der Waals surface area contributed by atoms with Gasteiger partial charge >= 0.3 is 0 Å². The van der Waals surface area contributed by atoms with Gasteiger partial charge in [-0.15, -0.1) is 0 Å². The van der Waals surface area contributed by atoms with Crippen molar-refractivity contribution in [1.82, 2.24) is 14.2 Å². The van der Waals surface area contributed by atoms with E-state index in [-0.39, 0.29) is 0 Å². The van der Waals surface area contributed by atoms with E-state index < -0.39 is 10.0 Å². The third-order valence-electron chi connectivity index (χ3n) is 4.73. The van der Waals surface area contributed by atoms with Crippen LogP contribution >= 0.6 is 11.6 Å². The van der Waals surface area contributed by atoms with Crippen LogP contribution < -0.4 is 0 Å². The van der Waals surface area contributed by atoms with Gasteiger partial charge in [0.25, 0.3) is 0 Å². The molecule has 0 aliphatic carbocycles. The fourth-order valence-electron chi connectivity index (χ4n) is 3.22. The predicted molar refractivity (Wildman–Crippen MR) is 107 cm³/mol. The van der Waals surface area contributed by atoms with Crippen molar-refractivity contribution in [2.24, 2.45) is 0 Å². The summed E-state index contributed by atoms with van der Waals surface area (Å²) in [6.45, 7) is 2.68. The number of nitrogens with zero attached hydrogens (tertiary/aromatic N) is 3. The average Bonchev–Trinajstić information content (AvgIpc) is 3.18. The van der Waals surface area contributed by atoms with Crippen LogP contribution in [0.25, 0.3) is 11.3 Å². The minimum absolute atomic E-state index is 0.335. The Bertz CT molecular complexity index is 1050. The van der Waals surface area contributed by atoms with Gasteiger partial charge in [0.05, 0.1) is 17.6 Å². The molecule has 4 rings (SSSR count). The van der Waals surface area contributed by atoms with Crippen LogP contribution in [0.2, 0.25) is 5.02 Å². The minimum Gasteiger partial charge on any atom is -0.439 e. The molecule has 146 valence electrons. The Hall–Kier alpha value is -2.19. The van der Waals surface area contributed by atoms with Crippen molar-refractivity contribution in [2.75, 3.05) is 26.2 Å². The van der Waals surface area contributed by atoms with E-state index in [2.05, 4.69) is 9.88 Å². The lowest BCUT2D eigenvalue weighted by molar-refractivity contribution is 0.168. The molecule has 0 radical (unpaired) electrons. The summed E-state index contributed by atoms with van der Waals surface area (Å²) >= 11 is 6.03. The maximum absolute atomic E-state index is 12.7. The van der Waals surface area contributed by atoms with Crippen LogP contribution in [0.4, 0.5) is 0 Å². The van der Waals surface area contributed by atoms with Crippen molar-refractivity contribution in [3.05, 3.63) is 71.7 Å². The van der Waals surface area contributed by atoms with Crippen LogP contribution in [0, 0.1) is 0 Å². The molecular formula is C20H20ClN3O3S. The first-order chi connectivity index (χ1) is 13.5. The van der Waals surface area contributed by atoms with E-state index in [1.165, 1.54) is 4.31 Å². The van der Waals surface area contributed by atoms with E-state index in [1.54, 1.807) is 30.5 Å². The fourth-order valence-corrected chi connectivity index (χ4v) is 4.85. The number of oxazole rings is 1. The fraction of sp³-hybridized carbons (Fsp3) is 0.250. The van der Waals surface area contributed by atoms with Crippen LogP contribution in [0.3, 0.4) is 0 Å². The van der Waals surface area contributed by atoms with Gasteiger partial charge in [0.15, 0.2) is 5.76 Å². The van der Waals surface area contributed by atoms with Crippen molar-refractivity contribution >= 4 is 21.6 Å². The van der Waals surface area contributed by atoms with E-state index >= 15 is 0 Å². The smallest absolute Gasteiger partial charge is 0.243 e. The largest absolute Gasteiger partial charge is 0.439 e. The highest BCUT2D eigenvalue weighted by Crippen LogP contribution is 2.24. The molecule has 0 spiro atoms. The molecule has 1 aliphatic heterocycles. The lowest BCUT2D eigenvalue weighted by Crippen LogP contribution is -2.48. The zero-order valence-electron chi connectivity index (χ0n) is 15.2. The van der Waals surface area contributed by atoms with Gasteiger partial charge in [-0.3, -0.25) is 4.90 Å². The molecular weight excluding hydrogens is 398 g/mol. The second kappa shape index (κ2) is 8.05. The number of piperazine rings is 1. The normalized spacial score (nSPS) is 16.3. The van der Waals surface area contributed by atoms with Gasteiger partial charge in [-0.2, -0.15) is 4.31 Å². The standard InChI is InChI=1S/C20H20ClN3O3S/c21-17-6-4-5-16(13-17)19-14-22-20(27-19)15-23-9-11-24(12-10-23)28(25,26)18-7-2-1-3-8-18/h1-8,13-14H,9-12,15H2.